The van der Waals surface area contributed by atoms with Gasteiger partial charge in [0, 0.05) is 10.7 Å². The summed E-state index contributed by atoms with van der Waals surface area (Å²) < 4.78 is 8.15. The molecule has 3 aromatic rings. The summed E-state index contributed by atoms with van der Waals surface area (Å²) in [6, 6.07) is 15.3. The Labute approximate surface area is 217 Å². The highest BCUT2D eigenvalue weighted by atomic mass is 35.5. The van der Waals surface area contributed by atoms with Crippen LogP contribution < -0.4 is 15.0 Å². The summed E-state index contributed by atoms with van der Waals surface area (Å²) in [5.41, 5.74) is 1.43. The number of anilines is 1. The number of amidine groups is 1. The van der Waals surface area contributed by atoms with E-state index in [9.17, 15) is 0 Å². The number of aliphatic imine (C=N–C) groups is 1. The van der Waals surface area contributed by atoms with Crippen molar-refractivity contribution in [3.05, 3.63) is 71.8 Å². The van der Waals surface area contributed by atoms with Gasteiger partial charge in [0.25, 0.3) is 0 Å². The maximum atomic E-state index is 6.45. The fourth-order valence-electron chi connectivity index (χ4n) is 4.08. The van der Waals surface area contributed by atoms with Crippen LogP contribution in [-0.2, 0) is 0 Å². The summed E-state index contributed by atoms with van der Waals surface area (Å²) in [7, 11) is 0. The third-order valence-electron chi connectivity index (χ3n) is 6.05. The van der Waals surface area contributed by atoms with Crippen molar-refractivity contribution in [2.45, 2.75) is 59.4 Å². The number of rotatable bonds is 6. The molecule has 2 heterocycles. The van der Waals surface area contributed by atoms with Gasteiger partial charge in [0.15, 0.2) is 5.11 Å². The summed E-state index contributed by atoms with van der Waals surface area (Å²) in [5.74, 6) is 1.44. The van der Waals surface area contributed by atoms with Crippen LogP contribution in [0.5, 0.6) is 5.75 Å². The third-order valence-corrected chi connectivity index (χ3v) is 6.59. The average molecular weight is 511 g/mol. The lowest BCUT2D eigenvalue weighted by molar-refractivity contribution is 0.0470. The molecule has 35 heavy (non-hydrogen) atoms. The second-order valence-electron chi connectivity index (χ2n) is 10.3. The smallest absolute Gasteiger partial charge is 0.215 e. The molecule has 0 bridgehead atoms. The molecular formula is C26H31ClN6OS. The van der Waals surface area contributed by atoms with Crippen molar-refractivity contribution in [2.24, 2.45) is 10.4 Å². The topological polar surface area (TPSA) is 67.6 Å². The number of nitrogens with zero attached hydrogens (tertiary/aromatic N) is 5. The van der Waals surface area contributed by atoms with Crippen molar-refractivity contribution >= 4 is 40.5 Å². The fraction of sp³-hybridized carbons (Fsp3) is 0.385. The first-order valence-corrected chi connectivity index (χ1v) is 12.3. The van der Waals surface area contributed by atoms with E-state index >= 15 is 0 Å². The number of aromatic nitrogens is 3. The number of nitrogens with one attached hydrogen (secondary N) is 1. The fourth-order valence-corrected chi connectivity index (χ4v) is 4.64. The van der Waals surface area contributed by atoms with Gasteiger partial charge in [-0.2, -0.15) is 5.10 Å². The molecule has 0 aliphatic carbocycles. The molecule has 2 atom stereocenters. The van der Waals surface area contributed by atoms with Crippen molar-refractivity contribution < 1.29 is 4.74 Å². The molecule has 0 radical (unpaired) electrons. The largest absolute Gasteiger partial charge is 0.466 e. The first-order valence-electron chi connectivity index (χ1n) is 11.5. The molecule has 1 saturated heterocycles. The van der Waals surface area contributed by atoms with Crippen LogP contribution in [0.25, 0.3) is 0 Å². The van der Waals surface area contributed by atoms with Crippen molar-refractivity contribution in [3.8, 4) is 5.75 Å². The molecule has 4 rings (SSSR count). The van der Waals surface area contributed by atoms with Crippen LogP contribution in [0.15, 0.2) is 66.2 Å². The zero-order valence-electron chi connectivity index (χ0n) is 20.9. The van der Waals surface area contributed by atoms with Gasteiger partial charge in [-0.05, 0) is 74.8 Å². The first kappa shape index (κ1) is 25.1. The van der Waals surface area contributed by atoms with E-state index in [-0.39, 0.29) is 11.5 Å². The van der Waals surface area contributed by atoms with E-state index in [1.165, 1.54) is 11.9 Å². The summed E-state index contributed by atoms with van der Waals surface area (Å²) in [4.78, 5) is 11.5. The minimum Gasteiger partial charge on any atom is -0.466 e. The molecular weight excluding hydrogens is 480 g/mol. The van der Waals surface area contributed by atoms with Gasteiger partial charge in [-0.1, -0.05) is 50.1 Å². The molecule has 0 spiro atoms. The van der Waals surface area contributed by atoms with Gasteiger partial charge >= 0.3 is 0 Å². The lowest BCUT2D eigenvalue weighted by Crippen LogP contribution is -2.46. The van der Waals surface area contributed by atoms with E-state index in [1.807, 2.05) is 12.1 Å². The number of halogens is 1. The van der Waals surface area contributed by atoms with Gasteiger partial charge in [-0.3, -0.25) is 4.99 Å². The van der Waals surface area contributed by atoms with Gasteiger partial charge in [0.1, 0.15) is 30.3 Å². The lowest BCUT2D eigenvalue weighted by atomic mass is 9.85. The van der Waals surface area contributed by atoms with Gasteiger partial charge < -0.3 is 15.0 Å². The Kier molecular flexibility index (Phi) is 6.88. The van der Waals surface area contributed by atoms with E-state index in [1.54, 1.807) is 23.1 Å². The molecule has 7 nitrogen and oxygen atoms in total. The predicted octanol–water partition coefficient (Wildman–Crippen LogP) is 5.80. The highest BCUT2D eigenvalue weighted by Gasteiger charge is 2.45. The van der Waals surface area contributed by atoms with Crippen LogP contribution in [0, 0.1) is 12.3 Å². The van der Waals surface area contributed by atoms with E-state index in [0.29, 0.717) is 15.9 Å². The van der Waals surface area contributed by atoms with E-state index in [4.69, 9.17) is 33.5 Å². The Bertz CT molecular complexity index is 1200. The lowest BCUT2D eigenvalue weighted by Gasteiger charge is -2.36. The van der Waals surface area contributed by atoms with E-state index in [0.717, 1.165) is 11.5 Å². The quantitative estimate of drug-likeness (QED) is 0.422. The number of benzene rings is 2. The first-order chi connectivity index (χ1) is 16.5. The number of thiocarbonyl (C=S) groups is 1. The molecule has 1 aliphatic rings. The van der Waals surface area contributed by atoms with Gasteiger partial charge in [0.2, 0.25) is 6.23 Å². The summed E-state index contributed by atoms with van der Waals surface area (Å²) >= 11 is 11.8. The molecule has 1 aliphatic heterocycles. The predicted molar refractivity (Wildman–Crippen MR) is 145 cm³/mol. The molecule has 1 fully saturated rings. The average Bonchev–Trinajstić information content (AvgIpc) is 3.38. The highest BCUT2D eigenvalue weighted by Crippen LogP contribution is 2.36. The minimum absolute atomic E-state index is 0.285. The van der Waals surface area contributed by atoms with Crippen LogP contribution in [0.2, 0.25) is 5.02 Å². The van der Waals surface area contributed by atoms with Crippen LogP contribution in [0.1, 0.15) is 46.4 Å². The summed E-state index contributed by atoms with van der Waals surface area (Å²) in [5, 5.41) is 9.02. The third kappa shape index (κ3) is 5.33. The van der Waals surface area contributed by atoms with Gasteiger partial charge in [0.05, 0.1) is 5.54 Å². The molecule has 0 saturated carbocycles. The molecule has 1 aromatic heterocycles. The van der Waals surface area contributed by atoms with Crippen LogP contribution in [-0.4, -0.2) is 37.3 Å². The number of ether oxygens (including phenoxy) is 1. The summed E-state index contributed by atoms with van der Waals surface area (Å²) in [6.45, 7) is 12.7. The Hall–Kier alpha value is -2.97. The zero-order valence-corrected chi connectivity index (χ0v) is 22.4. The minimum atomic E-state index is -0.550. The van der Waals surface area contributed by atoms with Crippen molar-refractivity contribution in [1.29, 1.82) is 0 Å². The zero-order chi connectivity index (χ0) is 25.4. The van der Waals surface area contributed by atoms with Gasteiger partial charge in [-0.15, -0.1) is 0 Å². The molecule has 2 aromatic carbocycles. The van der Waals surface area contributed by atoms with Crippen molar-refractivity contribution in [1.82, 2.24) is 20.1 Å². The van der Waals surface area contributed by atoms with E-state index in [2.05, 4.69) is 86.1 Å². The second-order valence-corrected chi connectivity index (χ2v) is 11.1. The van der Waals surface area contributed by atoms with E-state index < -0.39 is 11.8 Å². The number of hydrogen-bond acceptors (Lipinski definition) is 5. The second kappa shape index (κ2) is 9.59. The Balaban J connectivity index is 1.75. The number of aryl methyl sites for hydroxylation is 1. The molecule has 1 N–H and O–H groups in total. The maximum absolute atomic E-state index is 6.45. The SMILES string of the molecule is Cc1ccc(N2C(=S)NC(=N[C@H]([C@H](Oc3ccc(Cl)cc3)n3cncn3)C(C)(C)C)C2(C)C)cc1. The summed E-state index contributed by atoms with van der Waals surface area (Å²) in [6.07, 6.45) is 2.60. The normalized spacial score (nSPS) is 18.4. The Morgan fingerprint density at radius 3 is 2.31 bits per heavy atom. The molecule has 9 heteroatoms. The molecule has 0 unspecified atom stereocenters. The Morgan fingerprint density at radius 2 is 1.74 bits per heavy atom. The highest BCUT2D eigenvalue weighted by molar-refractivity contribution is 7.80. The van der Waals surface area contributed by atoms with Crippen LogP contribution in [0.3, 0.4) is 0 Å². The maximum Gasteiger partial charge on any atom is 0.215 e. The van der Waals surface area contributed by atoms with Crippen LogP contribution in [0.4, 0.5) is 5.69 Å². The van der Waals surface area contributed by atoms with Gasteiger partial charge in [-0.25, -0.2) is 9.67 Å². The Morgan fingerprint density at radius 1 is 1.09 bits per heavy atom. The monoisotopic (exact) mass is 510 g/mol. The van der Waals surface area contributed by atoms with Crippen molar-refractivity contribution in [3.63, 3.8) is 0 Å². The molecule has 184 valence electrons. The standard InChI is InChI=1S/C26H31ClN6OS/c1-17-7-11-19(12-8-17)33-24(35)31-23(26(33,5)6)30-21(25(2,3)4)22(32-16-28-15-29-32)34-20-13-9-18(27)10-14-20/h7-16,21-22H,1-6H3,(H,30,31,35)/t21-,22+/m1/s1. The number of hydrogen-bond donors (Lipinski definition) is 1. The molecule has 0 amide bonds. The van der Waals surface area contributed by atoms with Crippen molar-refractivity contribution in [2.75, 3.05) is 4.90 Å². The van der Waals surface area contributed by atoms with Crippen LogP contribution >= 0.6 is 23.8 Å².